The van der Waals surface area contributed by atoms with Crippen LogP contribution in [0, 0.1) is 19.8 Å². The molecule has 0 spiro atoms. The molecule has 1 heterocycles. The van der Waals surface area contributed by atoms with Gasteiger partial charge in [0.05, 0.1) is 22.6 Å². The summed E-state index contributed by atoms with van der Waals surface area (Å²) >= 11 is 0. The highest BCUT2D eigenvalue weighted by Crippen LogP contribution is 2.25. The average Bonchev–Trinajstić information content (AvgIpc) is 2.12. The average molecular weight is 222 g/mol. The molecule has 0 saturated heterocycles. The molecule has 0 aliphatic heterocycles. The van der Waals surface area contributed by atoms with Gasteiger partial charge >= 0.3 is 5.97 Å². The van der Waals surface area contributed by atoms with Crippen molar-refractivity contribution in [3.63, 3.8) is 0 Å². The summed E-state index contributed by atoms with van der Waals surface area (Å²) in [4.78, 5) is 15.3. The molecular formula is C12H18N2O2. The van der Waals surface area contributed by atoms with Crippen LogP contribution in [-0.4, -0.2) is 16.1 Å². The van der Waals surface area contributed by atoms with Crippen molar-refractivity contribution in [1.82, 2.24) is 4.98 Å². The van der Waals surface area contributed by atoms with E-state index in [1.165, 1.54) is 0 Å². The van der Waals surface area contributed by atoms with E-state index >= 15 is 0 Å². The molecule has 4 heteroatoms. The molecule has 16 heavy (non-hydrogen) atoms. The third-order valence-electron chi connectivity index (χ3n) is 2.54. The summed E-state index contributed by atoms with van der Waals surface area (Å²) in [6, 6.07) is 0. The fraction of sp³-hybridized carbons (Fsp3) is 0.500. The number of nitrogens with zero attached hydrogens (tertiary/aromatic N) is 1. The molecule has 4 nitrogen and oxygen atoms in total. The summed E-state index contributed by atoms with van der Waals surface area (Å²) in [5, 5.41) is 9.18. The van der Waals surface area contributed by atoms with Gasteiger partial charge in [-0.1, -0.05) is 13.8 Å². The third kappa shape index (κ3) is 2.32. The van der Waals surface area contributed by atoms with Crippen molar-refractivity contribution < 1.29 is 9.90 Å². The highest BCUT2D eigenvalue weighted by Gasteiger charge is 2.19. The van der Waals surface area contributed by atoms with Crippen LogP contribution in [-0.2, 0) is 6.42 Å². The van der Waals surface area contributed by atoms with Gasteiger partial charge in [-0.15, -0.1) is 0 Å². The lowest BCUT2D eigenvalue weighted by molar-refractivity contribution is 0.0694. The number of hydrogen-bond donors (Lipinski definition) is 2. The Hall–Kier alpha value is -1.58. The Morgan fingerprint density at radius 2 is 1.94 bits per heavy atom. The van der Waals surface area contributed by atoms with Gasteiger partial charge in [-0.05, 0) is 31.7 Å². The fourth-order valence-corrected chi connectivity index (χ4v) is 1.84. The number of nitrogens with two attached hydrogens (primary N) is 1. The van der Waals surface area contributed by atoms with Crippen molar-refractivity contribution in [2.75, 3.05) is 5.73 Å². The smallest absolute Gasteiger partial charge is 0.337 e. The van der Waals surface area contributed by atoms with E-state index in [9.17, 15) is 9.90 Å². The van der Waals surface area contributed by atoms with Gasteiger partial charge in [0.15, 0.2) is 0 Å². The van der Waals surface area contributed by atoms with Crippen LogP contribution in [0.25, 0.3) is 0 Å². The number of carboxylic acids is 1. The second-order valence-corrected chi connectivity index (χ2v) is 4.45. The largest absolute Gasteiger partial charge is 0.478 e. The van der Waals surface area contributed by atoms with Gasteiger partial charge in [-0.25, -0.2) is 4.79 Å². The Kier molecular flexibility index (Phi) is 3.52. The van der Waals surface area contributed by atoms with E-state index in [-0.39, 0.29) is 5.56 Å². The molecule has 1 aromatic rings. The van der Waals surface area contributed by atoms with E-state index in [0.29, 0.717) is 35.0 Å². The molecule has 0 radical (unpaired) electrons. The predicted octanol–water partition coefficient (Wildman–Crippen LogP) is 2.18. The molecule has 1 aromatic heterocycles. The van der Waals surface area contributed by atoms with Crippen LogP contribution in [0.15, 0.2) is 0 Å². The van der Waals surface area contributed by atoms with Gasteiger partial charge in [-0.3, -0.25) is 4.98 Å². The van der Waals surface area contributed by atoms with Crippen LogP contribution < -0.4 is 5.73 Å². The SMILES string of the molecule is Cc1nc(C)c(C(=O)O)c(CC(C)C)c1N. The normalized spacial score (nSPS) is 10.8. The topological polar surface area (TPSA) is 76.2 Å². The van der Waals surface area contributed by atoms with Crippen LogP contribution in [0.3, 0.4) is 0 Å². The number of aryl methyl sites for hydroxylation is 2. The third-order valence-corrected chi connectivity index (χ3v) is 2.54. The van der Waals surface area contributed by atoms with E-state index in [1.54, 1.807) is 13.8 Å². The highest BCUT2D eigenvalue weighted by atomic mass is 16.4. The second kappa shape index (κ2) is 4.51. The van der Waals surface area contributed by atoms with Crippen LogP contribution in [0.5, 0.6) is 0 Å². The Balaban J connectivity index is 3.45. The van der Waals surface area contributed by atoms with Crippen LogP contribution in [0.4, 0.5) is 5.69 Å². The maximum Gasteiger partial charge on any atom is 0.337 e. The van der Waals surface area contributed by atoms with Gasteiger partial charge in [0.25, 0.3) is 0 Å². The van der Waals surface area contributed by atoms with Crippen molar-refractivity contribution in [2.45, 2.75) is 34.1 Å². The molecule has 3 N–H and O–H groups in total. The van der Waals surface area contributed by atoms with Crippen molar-refractivity contribution in [2.24, 2.45) is 5.92 Å². The number of nitrogen functional groups attached to an aromatic ring is 1. The minimum absolute atomic E-state index is 0.261. The number of aromatic nitrogens is 1. The van der Waals surface area contributed by atoms with Gasteiger partial charge < -0.3 is 10.8 Å². The standard InChI is InChI=1S/C12H18N2O2/c1-6(2)5-9-10(12(15)16)7(3)14-8(4)11(9)13/h6H,5,13H2,1-4H3,(H,15,16). The highest BCUT2D eigenvalue weighted by molar-refractivity contribution is 5.92. The van der Waals surface area contributed by atoms with E-state index in [1.807, 2.05) is 13.8 Å². The maximum absolute atomic E-state index is 11.2. The van der Waals surface area contributed by atoms with E-state index < -0.39 is 5.97 Å². The fourth-order valence-electron chi connectivity index (χ4n) is 1.84. The van der Waals surface area contributed by atoms with E-state index in [2.05, 4.69) is 4.98 Å². The first-order valence-electron chi connectivity index (χ1n) is 5.33. The Morgan fingerprint density at radius 1 is 1.38 bits per heavy atom. The molecular weight excluding hydrogens is 204 g/mol. The lowest BCUT2D eigenvalue weighted by atomic mass is 9.95. The number of hydrogen-bond acceptors (Lipinski definition) is 3. The zero-order valence-electron chi connectivity index (χ0n) is 10.2. The first kappa shape index (κ1) is 12.5. The Labute approximate surface area is 95.5 Å². The van der Waals surface area contributed by atoms with Gasteiger partial charge in [0, 0.05) is 0 Å². The molecule has 1 rings (SSSR count). The first-order chi connectivity index (χ1) is 7.34. The maximum atomic E-state index is 11.2. The number of rotatable bonds is 3. The summed E-state index contributed by atoms with van der Waals surface area (Å²) in [5.74, 6) is -0.589. The van der Waals surface area contributed by atoms with E-state index in [4.69, 9.17) is 5.73 Å². The minimum atomic E-state index is -0.952. The Morgan fingerprint density at radius 3 is 2.38 bits per heavy atom. The van der Waals surface area contributed by atoms with Crippen molar-refractivity contribution in [3.05, 3.63) is 22.5 Å². The molecule has 0 aliphatic rings. The molecule has 0 bridgehead atoms. The molecule has 0 fully saturated rings. The summed E-state index contributed by atoms with van der Waals surface area (Å²) < 4.78 is 0. The zero-order valence-corrected chi connectivity index (χ0v) is 10.2. The van der Waals surface area contributed by atoms with Gasteiger partial charge in [0.1, 0.15) is 0 Å². The van der Waals surface area contributed by atoms with Crippen LogP contribution >= 0.6 is 0 Å². The Bertz CT molecular complexity index is 426. The molecule has 0 unspecified atom stereocenters. The lowest BCUT2D eigenvalue weighted by Gasteiger charge is -2.15. The van der Waals surface area contributed by atoms with Gasteiger partial charge in [-0.2, -0.15) is 0 Å². The number of aromatic carboxylic acids is 1. The number of anilines is 1. The zero-order chi connectivity index (χ0) is 12.5. The molecule has 0 saturated carbocycles. The number of pyridine rings is 1. The molecule has 0 amide bonds. The summed E-state index contributed by atoms with van der Waals surface area (Å²) in [6.07, 6.45) is 0.664. The number of carboxylic acid groups (broad SMARTS) is 1. The molecule has 0 aromatic carbocycles. The van der Waals surface area contributed by atoms with Crippen molar-refractivity contribution >= 4 is 11.7 Å². The van der Waals surface area contributed by atoms with E-state index in [0.717, 1.165) is 0 Å². The lowest BCUT2D eigenvalue weighted by Crippen LogP contribution is -2.14. The second-order valence-electron chi connectivity index (χ2n) is 4.45. The summed E-state index contributed by atoms with van der Waals surface area (Å²) in [7, 11) is 0. The van der Waals surface area contributed by atoms with Gasteiger partial charge in [0.2, 0.25) is 0 Å². The van der Waals surface area contributed by atoms with Crippen molar-refractivity contribution in [3.8, 4) is 0 Å². The molecule has 0 aliphatic carbocycles. The first-order valence-corrected chi connectivity index (χ1v) is 5.33. The van der Waals surface area contributed by atoms with Crippen LogP contribution in [0.1, 0.15) is 41.2 Å². The predicted molar refractivity (Wildman–Crippen MR) is 63.6 cm³/mol. The summed E-state index contributed by atoms with van der Waals surface area (Å²) in [5.41, 5.74) is 8.64. The summed E-state index contributed by atoms with van der Waals surface area (Å²) in [6.45, 7) is 7.59. The minimum Gasteiger partial charge on any atom is -0.478 e. The van der Waals surface area contributed by atoms with Crippen LogP contribution in [0.2, 0.25) is 0 Å². The molecule has 88 valence electrons. The molecule has 0 atom stereocenters. The number of carbonyl (C=O) groups is 1. The van der Waals surface area contributed by atoms with Crippen molar-refractivity contribution in [1.29, 1.82) is 0 Å². The monoisotopic (exact) mass is 222 g/mol. The quantitative estimate of drug-likeness (QED) is 0.821.